The third-order valence-electron chi connectivity index (χ3n) is 2.91. The third-order valence-corrected chi connectivity index (χ3v) is 3.11. The minimum atomic E-state index is 0.456. The predicted molar refractivity (Wildman–Crippen MR) is 67.8 cm³/mol. The Hall–Kier alpha value is -1.42. The molecule has 2 aromatic rings. The van der Waals surface area contributed by atoms with Crippen molar-refractivity contribution in [3.63, 3.8) is 0 Å². The normalized spacial score (nSPS) is 10.9. The van der Waals surface area contributed by atoms with Gasteiger partial charge in [0.05, 0.1) is 5.69 Å². The van der Waals surface area contributed by atoms with Gasteiger partial charge < -0.3 is 0 Å². The van der Waals surface area contributed by atoms with E-state index in [-0.39, 0.29) is 0 Å². The Balaban J connectivity index is 2.59. The van der Waals surface area contributed by atoms with Crippen LogP contribution in [0.15, 0.2) is 6.07 Å². The molecule has 2 heterocycles. The van der Waals surface area contributed by atoms with Crippen LogP contribution in [0.1, 0.15) is 29.7 Å². The van der Waals surface area contributed by atoms with Crippen molar-refractivity contribution in [1.82, 2.24) is 19.7 Å². The molecule has 0 saturated carbocycles. The Bertz CT molecular complexity index is 560. The maximum atomic E-state index is 5.99. The maximum Gasteiger partial charge on any atom is 0.158 e. The molecule has 0 aliphatic carbocycles. The summed E-state index contributed by atoms with van der Waals surface area (Å²) in [5.41, 5.74) is 3.27. The summed E-state index contributed by atoms with van der Waals surface area (Å²) in [6.07, 6.45) is 0.756. The van der Waals surface area contributed by atoms with Crippen LogP contribution in [0.5, 0.6) is 0 Å². The summed E-state index contributed by atoms with van der Waals surface area (Å²) in [7, 11) is 0. The molecule has 17 heavy (non-hydrogen) atoms. The van der Waals surface area contributed by atoms with Crippen molar-refractivity contribution in [2.75, 3.05) is 0 Å². The van der Waals surface area contributed by atoms with Crippen LogP contribution in [0.3, 0.4) is 0 Å². The lowest BCUT2D eigenvalue weighted by Crippen LogP contribution is -2.05. The second-order valence-electron chi connectivity index (χ2n) is 4.03. The van der Waals surface area contributed by atoms with Gasteiger partial charge in [0.2, 0.25) is 0 Å². The molecule has 0 fully saturated rings. The Kier molecular flexibility index (Phi) is 3.15. The van der Waals surface area contributed by atoms with Crippen LogP contribution in [0, 0.1) is 20.8 Å². The second-order valence-corrected chi connectivity index (χ2v) is 4.41. The molecule has 0 aliphatic rings. The summed E-state index contributed by atoms with van der Waals surface area (Å²) in [4.78, 5) is 8.59. The van der Waals surface area contributed by atoms with Crippen molar-refractivity contribution in [2.45, 2.75) is 34.1 Å². The Morgan fingerprint density at radius 2 is 1.94 bits per heavy atom. The quantitative estimate of drug-likeness (QED) is 0.770. The lowest BCUT2D eigenvalue weighted by Gasteiger charge is -2.05. The number of aromatic nitrogens is 4. The fourth-order valence-electron chi connectivity index (χ4n) is 1.66. The van der Waals surface area contributed by atoms with E-state index in [0.29, 0.717) is 5.15 Å². The van der Waals surface area contributed by atoms with Gasteiger partial charge in [0.25, 0.3) is 0 Å². The van der Waals surface area contributed by atoms with Crippen molar-refractivity contribution in [3.8, 4) is 5.82 Å². The third kappa shape index (κ3) is 2.17. The number of halogens is 1. The fourth-order valence-corrected chi connectivity index (χ4v) is 1.86. The van der Waals surface area contributed by atoms with Gasteiger partial charge in [-0.25, -0.2) is 14.6 Å². The highest BCUT2D eigenvalue weighted by atomic mass is 35.5. The van der Waals surface area contributed by atoms with Crippen molar-refractivity contribution in [2.24, 2.45) is 0 Å². The molecule has 2 aromatic heterocycles. The van der Waals surface area contributed by atoms with Crippen molar-refractivity contribution >= 4 is 11.6 Å². The summed E-state index contributed by atoms with van der Waals surface area (Å²) in [5, 5.41) is 4.92. The first-order chi connectivity index (χ1) is 8.02. The number of aryl methyl sites for hydroxylation is 2. The molecule has 0 atom stereocenters. The zero-order valence-electron chi connectivity index (χ0n) is 10.5. The van der Waals surface area contributed by atoms with E-state index in [4.69, 9.17) is 11.6 Å². The minimum Gasteiger partial charge on any atom is -0.221 e. The van der Waals surface area contributed by atoms with Crippen LogP contribution >= 0.6 is 11.6 Å². The van der Waals surface area contributed by atoms with Crippen LogP contribution in [0.2, 0.25) is 5.15 Å². The number of hydrogen-bond donors (Lipinski definition) is 0. The molecule has 90 valence electrons. The molecular formula is C12H15ClN4. The molecule has 5 heteroatoms. The first-order valence-electron chi connectivity index (χ1n) is 5.59. The van der Waals surface area contributed by atoms with E-state index >= 15 is 0 Å². The molecular weight excluding hydrogens is 236 g/mol. The average Bonchev–Trinajstić information content (AvgIpc) is 2.56. The molecule has 0 N–H and O–H groups in total. The molecule has 0 aromatic carbocycles. The summed E-state index contributed by atoms with van der Waals surface area (Å²) in [6.45, 7) is 8.07. The van der Waals surface area contributed by atoms with Crippen molar-refractivity contribution in [1.29, 1.82) is 0 Å². The SMILES string of the molecule is CCc1nc(Cl)cc(-n2nc(C)c(C)c2C)n1. The van der Waals surface area contributed by atoms with Crippen molar-refractivity contribution < 1.29 is 0 Å². The van der Waals surface area contributed by atoms with E-state index in [1.165, 1.54) is 5.56 Å². The van der Waals surface area contributed by atoms with Crippen molar-refractivity contribution in [3.05, 3.63) is 34.0 Å². The van der Waals surface area contributed by atoms with Gasteiger partial charge in [-0.2, -0.15) is 5.10 Å². The van der Waals surface area contributed by atoms with Gasteiger partial charge in [-0.15, -0.1) is 0 Å². The first kappa shape index (κ1) is 12.0. The molecule has 0 spiro atoms. The van der Waals surface area contributed by atoms with E-state index in [1.807, 2.05) is 25.5 Å². The Labute approximate surface area is 106 Å². The zero-order valence-corrected chi connectivity index (χ0v) is 11.2. The number of rotatable bonds is 2. The smallest absolute Gasteiger partial charge is 0.158 e. The first-order valence-corrected chi connectivity index (χ1v) is 5.97. The maximum absolute atomic E-state index is 5.99. The highest BCUT2D eigenvalue weighted by Gasteiger charge is 2.11. The molecule has 0 amide bonds. The van der Waals surface area contributed by atoms with Gasteiger partial charge in [-0.05, 0) is 26.3 Å². The van der Waals surface area contributed by atoms with Crippen LogP contribution in [-0.2, 0) is 6.42 Å². The van der Waals surface area contributed by atoms with E-state index in [2.05, 4.69) is 22.0 Å². The van der Waals surface area contributed by atoms with Crippen LogP contribution in [0.4, 0.5) is 0 Å². The molecule has 2 rings (SSSR count). The van der Waals surface area contributed by atoms with E-state index < -0.39 is 0 Å². The largest absolute Gasteiger partial charge is 0.221 e. The fraction of sp³-hybridized carbons (Fsp3) is 0.417. The summed E-state index contributed by atoms with van der Waals surface area (Å²) in [5.74, 6) is 1.47. The summed E-state index contributed by atoms with van der Waals surface area (Å²) in [6, 6.07) is 1.74. The van der Waals surface area contributed by atoms with Crippen LogP contribution < -0.4 is 0 Å². The molecule has 4 nitrogen and oxygen atoms in total. The Morgan fingerprint density at radius 1 is 1.24 bits per heavy atom. The number of nitrogens with zero attached hydrogens (tertiary/aromatic N) is 4. The lowest BCUT2D eigenvalue weighted by atomic mass is 10.2. The van der Waals surface area contributed by atoms with E-state index in [1.54, 1.807) is 6.07 Å². The summed E-state index contributed by atoms with van der Waals surface area (Å²) < 4.78 is 1.82. The van der Waals surface area contributed by atoms with E-state index in [9.17, 15) is 0 Å². The molecule has 0 aliphatic heterocycles. The van der Waals surface area contributed by atoms with Gasteiger partial charge in [0.1, 0.15) is 11.0 Å². The van der Waals surface area contributed by atoms with Gasteiger partial charge in [0.15, 0.2) is 5.82 Å². The molecule has 0 bridgehead atoms. The van der Waals surface area contributed by atoms with Gasteiger partial charge in [-0.1, -0.05) is 18.5 Å². The monoisotopic (exact) mass is 250 g/mol. The van der Waals surface area contributed by atoms with Gasteiger partial charge in [0, 0.05) is 18.2 Å². The summed E-state index contributed by atoms with van der Waals surface area (Å²) >= 11 is 5.99. The number of hydrogen-bond acceptors (Lipinski definition) is 3. The van der Waals surface area contributed by atoms with Gasteiger partial charge in [-0.3, -0.25) is 0 Å². The average molecular weight is 251 g/mol. The predicted octanol–water partition coefficient (Wildman–Crippen LogP) is 2.80. The Morgan fingerprint density at radius 3 is 2.47 bits per heavy atom. The highest BCUT2D eigenvalue weighted by molar-refractivity contribution is 6.29. The van der Waals surface area contributed by atoms with Crippen LogP contribution in [-0.4, -0.2) is 19.7 Å². The topological polar surface area (TPSA) is 43.6 Å². The van der Waals surface area contributed by atoms with Crippen LogP contribution in [0.25, 0.3) is 5.82 Å². The lowest BCUT2D eigenvalue weighted by molar-refractivity contribution is 0.782. The molecule has 0 saturated heterocycles. The van der Waals surface area contributed by atoms with E-state index in [0.717, 1.165) is 29.5 Å². The molecule has 0 radical (unpaired) electrons. The standard InChI is InChI=1S/C12H15ClN4/c1-5-11-14-10(13)6-12(15-11)17-9(4)7(2)8(3)16-17/h6H,5H2,1-4H3. The zero-order chi connectivity index (χ0) is 12.6. The highest BCUT2D eigenvalue weighted by Crippen LogP contribution is 2.17. The second kappa shape index (κ2) is 4.45. The van der Waals surface area contributed by atoms with Gasteiger partial charge >= 0.3 is 0 Å². The minimum absolute atomic E-state index is 0.456. The molecule has 0 unspecified atom stereocenters.